The summed E-state index contributed by atoms with van der Waals surface area (Å²) in [6, 6.07) is -0.163. The Balaban J connectivity index is 3.93. The molecule has 1 unspecified atom stereocenters. The van der Waals surface area contributed by atoms with Gasteiger partial charge in [0.2, 0.25) is 5.91 Å². The minimum atomic E-state index is -0.163. The summed E-state index contributed by atoms with van der Waals surface area (Å²) in [5.41, 5.74) is -0.129. The molecule has 0 radical (unpaired) electrons. The Kier molecular flexibility index (Phi) is 6.83. The summed E-state index contributed by atoms with van der Waals surface area (Å²) in [7, 11) is 0. The number of amides is 1. The number of carbonyl (C=O) groups is 1. The Hall–Kier alpha value is -1.01. The first kappa shape index (κ1) is 15.0. The van der Waals surface area contributed by atoms with Gasteiger partial charge in [-0.3, -0.25) is 4.79 Å². The zero-order valence-electron chi connectivity index (χ0n) is 11.1. The van der Waals surface area contributed by atoms with Crippen LogP contribution in [0.5, 0.6) is 0 Å². The van der Waals surface area contributed by atoms with E-state index in [2.05, 4.69) is 29.4 Å². The molecule has 0 spiro atoms. The van der Waals surface area contributed by atoms with Crippen molar-refractivity contribution in [1.82, 2.24) is 10.6 Å². The molecule has 0 aliphatic heterocycles. The molecule has 0 rings (SSSR count). The topological polar surface area (TPSA) is 41.1 Å². The first-order chi connectivity index (χ1) is 7.43. The first-order valence-corrected chi connectivity index (χ1v) is 5.88. The lowest BCUT2D eigenvalue weighted by atomic mass is 10.0. The molecule has 0 heterocycles. The molecule has 1 atom stereocenters. The molecule has 16 heavy (non-hydrogen) atoms. The van der Waals surface area contributed by atoms with E-state index in [1.54, 1.807) is 0 Å². The van der Waals surface area contributed by atoms with E-state index >= 15 is 0 Å². The van der Waals surface area contributed by atoms with Gasteiger partial charge in [-0.25, -0.2) is 0 Å². The summed E-state index contributed by atoms with van der Waals surface area (Å²) in [6.45, 7) is 10.6. The molecule has 0 saturated carbocycles. The molecule has 0 aromatic rings. The average molecular weight is 224 g/mol. The predicted octanol–water partition coefficient (Wildman–Crippen LogP) is 1.68. The fourth-order valence-electron chi connectivity index (χ4n) is 1.10. The molecule has 0 aromatic carbocycles. The van der Waals surface area contributed by atoms with Gasteiger partial charge in [-0.2, -0.15) is 0 Å². The van der Waals surface area contributed by atoms with Crippen LogP contribution in [0.15, 0.2) is 0 Å². The number of rotatable bonds is 6. The lowest BCUT2D eigenvalue weighted by molar-refractivity contribution is -0.124. The van der Waals surface area contributed by atoms with Crippen molar-refractivity contribution in [3.8, 4) is 11.8 Å². The fraction of sp³-hybridized carbons (Fsp3) is 0.769. The molecular formula is C13H24N2O. The second-order valence-corrected chi connectivity index (χ2v) is 4.58. The van der Waals surface area contributed by atoms with Crippen molar-refractivity contribution in [2.24, 2.45) is 0 Å². The fourth-order valence-corrected chi connectivity index (χ4v) is 1.10. The van der Waals surface area contributed by atoms with Gasteiger partial charge >= 0.3 is 0 Å². The summed E-state index contributed by atoms with van der Waals surface area (Å²) >= 11 is 0. The molecule has 0 fully saturated rings. The second-order valence-electron chi connectivity index (χ2n) is 4.58. The molecule has 3 nitrogen and oxygen atoms in total. The summed E-state index contributed by atoms with van der Waals surface area (Å²) in [5.74, 6) is 5.84. The van der Waals surface area contributed by atoms with Crippen molar-refractivity contribution in [1.29, 1.82) is 0 Å². The monoisotopic (exact) mass is 224 g/mol. The van der Waals surface area contributed by atoms with Crippen molar-refractivity contribution in [3.05, 3.63) is 0 Å². The third-order valence-corrected chi connectivity index (χ3v) is 2.62. The molecule has 1 amide bonds. The maximum atomic E-state index is 11.8. The van der Waals surface area contributed by atoms with Crippen molar-refractivity contribution >= 4 is 5.91 Å². The largest absolute Gasteiger partial charge is 0.350 e. The Morgan fingerprint density at radius 2 is 2.06 bits per heavy atom. The summed E-state index contributed by atoms with van der Waals surface area (Å²) in [6.07, 6.45) is 1.71. The van der Waals surface area contributed by atoms with E-state index in [4.69, 9.17) is 0 Å². The van der Waals surface area contributed by atoms with Crippen LogP contribution in [-0.4, -0.2) is 24.0 Å². The lowest BCUT2D eigenvalue weighted by Gasteiger charge is -2.26. The van der Waals surface area contributed by atoms with Gasteiger partial charge in [0.25, 0.3) is 0 Å². The van der Waals surface area contributed by atoms with Crippen LogP contribution < -0.4 is 10.6 Å². The summed E-state index contributed by atoms with van der Waals surface area (Å²) < 4.78 is 0. The van der Waals surface area contributed by atoms with Gasteiger partial charge < -0.3 is 10.6 Å². The van der Waals surface area contributed by atoms with Crippen LogP contribution in [0, 0.1) is 11.8 Å². The Morgan fingerprint density at radius 1 is 1.44 bits per heavy atom. The first-order valence-electron chi connectivity index (χ1n) is 5.88. The summed E-state index contributed by atoms with van der Waals surface area (Å²) in [5, 5.41) is 6.16. The third-order valence-electron chi connectivity index (χ3n) is 2.62. The van der Waals surface area contributed by atoms with Crippen LogP contribution >= 0.6 is 0 Å². The standard InChI is InChI=1S/C13H24N2O/c1-6-8-9-10-14-11(3)12(16)15-13(4,5)7-2/h11,14H,7,9-10H2,1-5H3,(H,15,16). The van der Waals surface area contributed by atoms with Crippen LogP contribution in [0.4, 0.5) is 0 Å². The number of hydrogen-bond donors (Lipinski definition) is 2. The van der Waals surface area contributed by atoms with E-state index in [1.807, 2.05) is 27.7 Å². The predicted molar refractivity (Wildman–Crippen MR) is 68.0 cm³/mol. The van der Waals surface area contributed by atoms with Gasteiger partial charge in [-0.1, -0.05) is 6.92 Å². The van der Waals surface area contributed by atoms with Crippen molar-refractivity contribution < 1.29 is 4.79 Å². The minimum Gasteiger partial charge on any atom is -0.350 e. The molecule has 92 valence electrons. The highest BCUT2D eigenvalue weighted by Gasteiger charge is 2.20. The zero-order valence-corrected chi connectivity index (χ0v) is 11.1. The van der Waals surface area contributed by atoms with E-state index in [9.17, 15) is 4.79 Å². The van der Waals surface area contributed by atoms with Crippen LogP contribution in [0.3, 0.4) is 0 Å². The molecule has 0 aromatic heterocycles. The zero-order chi connectivity index (χ0) is 12.6. The quantitative estimate of drug-likeness (QED) is 0.532. The molecule has 0 bridgehead atoms. The average Bonchev–Trinajstić information content (AvgIpc) is 2.23. The van der Waals surface area contributed by atoms with Crippen molar-refractivity contribution in [3.63, 3.8) is 0 Å². The summed E-state index contributed by atoms with van der Waals surface area (Å²) in [4.78, 5) is 11.8. The van der Waals surface area contributed by atoms with Gasteiger partial charge in [0.05, 0.1) is 6.04 Å². The molecule has 0 saturated heterocycles. The van der Waals surface area contributed by atoms with E-state index < -0.39 is 0 Å². The normalized spacial score (nSPS) is 12.6. The maximum absolute atomic E-state index is 11.8. The Bertz CT molecular complexity index is 273. The lowest BCUT2D eigenvalue weighted by Crippen LogP contribution is -2.50. The van der Waals surface area contributed by atoms with Crippen LogP contribution in [0.25, 0.3) is 0 Å². The molecular weight excluding hydrogens is 200 g/mol. The number of carbonyl (C=O) groups excluding carboxylic acids is 1. The van der Waals surface area contributed by atoms with E-state index in [0.717, 1.165) is 19.4 Å². The second kappa shape index (κ2) is 7.29. The molecule has 3 heteroatoms. The smallest absolute Gasteiger partial charge is 0.237 e. The van der Waals surface area contributed by atoms with Crippen LogP contribution in [-0.2, 0) is 4.79 Å². The van der Waals surface area contributed by atoms with E-state index in [-0.39, 0.29) is 17.5 Å². The van der Waals surface area contributed by atoms with Crippen LogP contribution in [0.1, 0.15) is 47.5 Å². The highest BCUT2D eigenvalue weighted by atomic mass is 16.2. The van der Waals surface area contributed by atoms with Gasteiger partial charge in [-0.05, 0) is 34.1 Å². The molecule has 0 aliphatic carbocycles. The third kappa shape index (κ3) is 6.47. The maximum Gasteiger partial charge on any atom is 0.237 e. The van der Waals surface area contributed by atoms with E-state index in [1.165, 1.54) is 0 Å². The van der Waals surface area contributed by atoms with Gasteiger partial charge in [-0.15, -0.1) is 11.8 Å². The number of hydrogen-bond acceptors (Lipinski definition) is 2. The van der Waals surface area contributed by atoms with E-state index in [0.29, 0.717) is 0 Å². The van der Waals surface area contributed by atoms with Gasteiger partial charge in [0, 0.05) is 18.5 Å². The van der Waals surface area contributed by atoms with Crippen LogP contribution in [0.2, 0.25) is 0 Å². The molecule has 0 aliphatic rings. The highest BCUT2D eigenvalue weighted by molar-refractivity contribution is 5.81. The highest BCUT2D eigenvalue weighted by Crippen LogP contribution is 2.06. The minimum absolute atomic E-state index is 0.0521. The van der Waals surface area contributed by atoms with Crippen molar-refractivity contribution in [2.45, 2.75) is 59.0 Å². The SMILES string of the molecule is CC#CCCNC(C)C(=O)NC(C)(C)CC. The van der Waals surface area contributed by atoms with Gasteiger partial charge in [0.15, 0.2) is 0 Å². The van der Waals surface area contributed by atoms with Gasteiger partial charge in [0.1, 0.15) is 0 Å². The number of nitrogens with one attached hydrogen (secondary N) is 2. The van der Waals surface area contributed by atoms with Crippen molar-refractivity contribution in [2.75, 3.05) is 6.54 Å². The molecule has 2 N–H and O–H groups in total. The Morgan fingerprint density at radius 3 is 2.56 bits per heavy atom. The Labute approximate surface area is 99.4 Å².